The maximum Gasteiger partial charge on any atom is 0.139 e. The molecule has 0 bridgehead atoms. The van der Waals surface area contributed by atoms with E-state index in [1.165, 1.54) is 0 Å². The minimum Gasteiger partial charge on any atom is -0.467 e. The van der Waals surface area contributed by atoms with Crippen molar-refractivity contribution >= 4 is 16.8 Å². The Hall–Kier alpha value is -2.27. The normalized spacial score (nSPS) is 12.7. The average Bonchev–Trinajstić information content (AvgIpc) is 3.06. The van der Waals surface area contributed by atoms with Crippen LogP contribution in [-0.2, 0) is 0 Å². The van der Waals surface area contributed by atoms with Gasteiger partial charge in [-0.15, -0.1) is 0 Å². The second-order valence-electron chi connectivity index (χ2n) is 4.65. The van der Waals surface area contributed by atoms with Crippen molar-refractivity contribution in [3.05, 3.63) is 48.2 Å². The number of aromatic nitrogens is 1. The monoisotopic (exact) mass is 272 g/mol. The molecule has 3 aromatic heterocycles. The Morgan fingerprint density at radius 3 is 3.05 bits per heavy atom. The van der Waals surface area contributed by atoms with Gasteiger partial charge in [-0.05, 0) is 37.6 Å². The van der Waals surface area contributed by atoms with Crippen molar-refractivity contribution in [2.75, 3.05) is 11.9 Å². The van der Waals surface area contributed by atoms with Crippen LogP contribution in [0.1, 0.15) is 24.0 Å². The van der Waals surface area contributed by atoms with Gasteiger partial charge in [0.2, 0.25) is 0 Å². The van der Waals surface area contributed by atoms with Crippen molar-refractivity contribution in [1.29, 1.82) is 0 Å². The maximum atomic E-state index is 9.21. The molecular weight excluding hydrogens is 256 g/mol. The van der Waals surface area contributed by atoms with Gasteiger partial charge in [0.25, 0.3) is 0 Å². The van der Waals surface area contributed by atoms with E-state index < -0.39 is 0 Å². The summed E-state index contributed by atoms with van der Waals surface area (Å²) in [6.07, 6.45) is 3.87. The SMILES string of the molecule is Cc1cc2c(NC(CCO)c3ccco3)nccc2o1. The number of aryl methyl sites for hydroxylation is 1. The Bertz CT molecular complexity index is 688. The topological polar surface area (TPSA) is 71.4 Å². The molecule has 1 unspecified atom stereocenters. The third kappa shape index (κ3) is 2.40. The second kappa shape index (κ2) is 5.38. The van der Waals surface area contributed by atoms with Crippen LogP contribution in [0, 0.1) is 6.92 Å². The molecule has 0 radical (unpaired) electrons. The number of aliphatic hydroxyl groups is 1. The molecule has 0 fully saturated rings. The van der Waals surface area contributed by atoms with Crippen LogP contribution in [0.3, 0.4) is 0 Å². The van der Waals surface area contributed by atoms with Crippen molar-refractivity contribution in [3.8, 4) is 0 Å². The van der Waals surface area contributed by atoms with Crippen LogP contribution in [0.2, 0.25) is 0 Å². The summed E-state index contributed by atoms with van der Waals surface area (Å²) in [5.74, 6) is 2.35. The Labute approximate surface area is 116 Å². The first-order valence-electron chi connectivity index (χ1n) is 6.54. The summed E-state index contributed by atoms with van der Waals surface area (Å²) < 4.78 is 11.0. The Morgan fingerprint density at radius 1 is 1.40 bits per heavy atom. The number of fused-ring (bicyclic) bond motifs is 1. The molecule has 0 saturated carbocycles. The zero-order chi connectivity index (χ0) is 13.9. The van der Waals surface area contributed by atoms with E-state index in [0.29, 0.717) is 6.42 Å². The van der Waals surface area contributed by atoms with Gasteiger partial charge < -0.3 is 19.3 Å². The lowest BCUT2D eigenvalue weighted by Gasteiger charge is -2.16. The van der Waals surface area contributed by atoms with Gasteiger partial charge in [-0.25, -0.2) is 4.98 Å². The van der Waals surface area contributed by atoms with Gasteiger partial charge in [0, 0.05) is 12.8 Å². The summed E-state index contributed by atoms with van der Waals surface area (Å²) in [5, 5.41) is 13.5. The highest BCUT2D eigenvalue weighted by Gasteiger charge is 2.16. The lowest BCUT2D eigenvalue weighted by atomic mass is 10.1. The van der Waals surface area contributed by atoms with E-state index >= 15 is 0 Å². The van der Waals surface area contributed by atoms with E-state index in [4.69, 9.17) is 8.83 Å². The van der Waals surface area contributed by atoms with Crippen LogP contribution in [-0.4, -0.2) is 16.7 Å². The van der Waals surface area contributed by atoms with Crippen LogP contribution in [0.25, 0.3) is 11.0 Å². The average molecular weight is 272 g/mol. The summed E-state index contributed by atoms with van der Waals surface area (Å²) >= 11 is 0. The van der Waals surface area contributed by atoms with Crippen LogP contribution >= 0.6 is 0 Å². The smallest absolute Gasteiger partial charge is 0.139 e. The molecule has 0 aliphatic carbocycles. The molecule has 104 valence electrons. The van der Waals surface area contributed by atoms with Gasteiger partial charge in [0.1, 0.15) is 22.9 Å². The summed E-state index contributed by atoms with van der Waals surface area (Å²) in [4.78, 5) is 4.36. The number of rotatable bonds is 5. The number of hydrogen-bond donors (Lipinski definition) is 2. The molecule has 0 amide bonds. The van der Waals surface area contributed by atoms with Crippen LogP contribution in [0.5, 0.6) is 0 Å². The van der Waals surface area contributed by atoms with E-state index in [2.05, 4.69) is 10.3 Å². The standard InChI is InChI=1S/C15H16N2O3/c1-10-9-11-13(20-10)4-6-16-15(11)17-12(5-7-18)14-3-2-8-19-14/h2-4,6,8-9,12,18H,5,7H2,1H3,(H,16,17). The molecule has 0 aromatic carbocycles. The second-order valence-corrected chi connectivity index (χ2v) is 4.65. The fraction of sp³-hybridized carbons (Fsp3) is 0.267. The number of pyridine rings is 1. The van der Waals surface area contributed by atoms with Gasteiger partial charge in [-0.1, -0.05) is 0 Å². The molecule has 0 aliphatic heterocycles. The highest BCUT2D eigenvalue weighted by atomic mass is 16.3. The molecule has 0 saturated heterocycles. The molecule has 3 aromatic rings. The minimum atomic E-state index is -0.122. The number of hydrogen-bond acceptors (Lipinski definition) is 5. The fourth-order valence-corrected chi connectivity index (χ4v) is 2.27. The van der Waals surface area contributed by atoms with Crippen molar-refractivity contribution < 1.29 is 13.9 Å². The molecule has 5 nitrogen and oxygen atoms in total. The predicted molar refractivity (Wildman–Crippen MR) is 75.5 cm³/mol. The fourth-order valence-electron chi connectivity index (χ4n) is 2.27. The summed E-state index contributed by atoms with van der Waals surface area (Å²) in [7, 11) is 0. The highest BCUT2D eigenvalue weighted by molar-refractivity contribution is 5.88. The van der Waals surface area contributed by atoms with Gasteiger partial charge in [-0.2, -0.15) is 0 Å². The van der Waals surface area contributed by atoms with E-state index in [-0.39, 0.29) is 12.6 Å². The third-order valence-corrected chi connectivity index (χ3v) is 3.18. The lowest BCUT2D eigenvalue weighted by molar-refractivity contribution is 0.273. The first kappa shape index (κ1) is 12.7. The van der Waals surface area contributed by atoms with E-state index in [1.54, 1.807) is 12.5 Å². The number of nitrogens with zero attached hydrogens (tertiary/aromatic N) is 1. The lowest BCUT2D eigenvalue weighted by Crippen LogP contribution is -2.12. The van der Waals surface area contributed by atoms with E-state index in [9.17, 15) is 5.11 Å². The van der Waals surface area contributed by atoms with Crippen LogP contribution in [0.15, 0.2) is 45.6 Å². The first-order valence-corrected chi connectivity index (χ1v) is 6.54. The Kier molecular flexibility index (Phi) is 3.43. The zero-order valence-electron chi connectivity index (χ0n) is 11.2. The van der Waals surface area contributed by atoms with Gasteiger partial charge in [-0.3, -0.25) is 0 Å². The third-order valence-electron chi connectivity index (χ3n) is 3.18. The summed E-state index contributed by atoms with van der Waals surface area (Å²) in [6.45, 7) is 1.97. The zero-order valence-corrected chi connectivity index (χ0v) is 11.2. The minimum absolute atomic E-state index is 0.0682. The largest absolute Gasteiger partial charge is 0.467 e. The maximum absolute atomic E-state index is 9.21. The van der Waals surface area contributed by atoms with Crippen LogP contribution in [0.4, 0.5) is 5.82 Å². The van der Waals surface area contributed by atoms with E-state index in [0.717, 1.165) is 28.3 Å². The molecule has 1 atom stereocenters. The molecule has 2 N–H and O–H groups in total. The van der Waals surface area contributed by atoms with Crippen molar-refractivity contribution in [2.24, 2.45) is 0 Å². The summed E-state index contributed by atoms with van der Waals surface area (Å²) in [5.41, 5.74) is 0.794. The van der Waals surface area contributed by atoms with Crippen molar-refractivity contribution in [1.82, 2.24) is 4.98 Å². The molecule has 3 rings (SSSR count). The van der Waals surface area contributed by atoms with Crippen LogP contribution < -0.4 is 5.32 Å². The number of nitrogens with one attached hydrogen (secondary N) is 1. The van der Waals surface area contributed by atoms with Crippen molar-refractivity contribution in [2.45, 2.75) is 19.4 Å². The van der Waals surface area contributed by atoms with Gasteiger partial charge >= 0.3 is 0 Å². The first-order chi connectivity index (χ1) is 9.78. The molecule has 0 aliphatic rings. The van der Waals surface area contributed by atoms with E-state index in [1.807, 2.05) is 31.2 Å². The molecule has 0 spiro atoms. The Morgan fingerprint density at radius 2 is 2.30 bits per heavy atom. The predicted octanol–water partition coefficient (Wildman–Crippen LogP) is 3.26. The number of anilines is 1. The molecule has 20 heavy (non-hydrogen) atoms. The quantitative estimate of drug-likeness (QED) is 0.746. The number of aliphatic hydroxyl groups excluding tert-OH is 1. The summed E-state index contributed by atoms with van der Waals surface area (Å²) in [6, 6.07) is 7.37. The Balaban J connectivity index is 1.94. The van der Waals surface area contributed by atoms with Crippen molar-refractivity contribution in [3.63, 3.8) is 0 Å². The number of furan rings is 2. The van der Waals surface area contributed by atoms with Gasteiger partial charge in [0.15, 0.2) is 0 Å². The molecule has 3 heterocycles. The van der Waals surface area contributed by atoms with Gasteiger partial charge in [0.05, 0.1) is 17.7 Å². The highest BCUT2D eigenvalue weighted by Crippen LogP contribution is 2.28. The molecular formula is C15H16N2O3. The molecule has 5 heteroatoms.